The maximum atomic E-state index is 10.8. The Morgan fingerprint density at radius 1 is 1.42 bits per heavy atom. The first-order chi connectivity index (χ1) is 5.21. The maximum absolute atomic E-state index is 10.8. The van der Waals surface area contributed by atoms with Gasteiger partial charge in [-0.05, 0) is 34.1 Å². The zero-order valence-electron chi connectivity index (χ0n) is 8.01. The Hall–Kier alpha value is -0.220. The summed E-state index contributed by atoms with van der Waals surface area (Å²) < 4.78 is 2.78. The van der Waals surface area contributed by atoms with Gasteiger partial charge in [0.2, 0.25) is 0 Å². The number of rotatable bonds is 4. The van der Waals surface area contributed by atoms with E-state index in [0.29, 0.717) is 6.42 Å². The van der Waals surface area contributed by atoms with Crippen LogP contribution in [0.15, 0.2) is 0 Å². The molecule has 0 amide bonds. The third-order valence-corrected chi connectivity index (χ3v) is 2.37. The summed E-state index contributed by atoms with van der Waals surface area (Å²) in [5, 5.41) is 8.85. The Morgan fingerprint density at radius 2 is 1.83 bits per heavy atom. The molecule has 0 saturated heterocycles. The number of carbonyl (C=O) groups is 1. The van der Waals surface area contributed by atoms with Crippen LogP contribution in [0.2, 0.25) is 0 Å². The molecule has 4 heteroatoms. The van der Waals surface area contributed by atoms with Gasteiger partial charge < -0.3 is 5.11 Å². The molecule has 0 bridgehead atoms. The Bertz CT molecular complexity index is 178. The predicted molar refractivity (Wildman–Crippen MR) is 52.2 cm³/mol. The predicted octanol–water partition coefficient (Wildman–Crippen LogP) is 1.70. The van der Waals surface area contributed by atoms with Crippen molar-refractivity contribution in [2.24, 2.45) is 5.41 Å². The van der Waals surface area contributed by atoms with Gasteiger partial charge in [-0.1, -0.05) is 12.8 Å². The Morgan fingerprint density at radius 3 is 2.08 bits per heavy atom. The van der Waals surface area contributed by atoms with E-state index < -0.39 is 11.4 Å². The fraction of sp³-hybridized carbons (Fsp3) is 0.875. The van der Waals surface area contributed by atoms with Gasteiger partial charge in [0.15, 0.2) is 0 Å². The molecular weight excluding hydrogens is 174 g/mol. The van der Waals surface area contributed by atoms with E-state index in [0.717, 1.165) is 0 Å². The molecule has 0 radical (unpaired) electrons. The van der Waals surface area contributed by atoms with Crippen LogP contribution in [0, 0.1) is 5.41 Å². The summed E-state index contributed by atoms with van der Waals surface area (Å²) in [7, 11) is 0. The number of aliphatic carboxylic acids is 1. The van der Waals surface area contributed by atoms with E-state index in [1.54, 1.807) is 13.8 Å². The summed E-state index contributed by atoms with van der Waals surface area (Å²) in [4.78, 5) is 10.8. The molecule has 0 aromatic heterocycles. The molecular formula is C8H17NO2S. The van der Waals surface area contributed by atoms with Crippen LogP contribution in [0.1, 0.15) is 34.1 Å². The highest BCUT2D eigenvalue weighted by Gasteiger charge is 2.33. The van der Waals surface area contributed by atoms with E-state index >= 15 is 0 Å². The third-order valence-electron chi connectivity index (χ3n) is 1.77. The number of carboxylic acid groups (broad SMARTS) is 1. The van der Waals surface area contributed by atoms with E-state index in [9.17, 15) is 4.79 Å². The average Bonchev–Trinajstić information content (AvgIpc) is 1.85. The largest absolute Gasteiger partial charge is 0.481 e. The van der Waals surface area contributed by atoms with Crippen LogP contribution in [0.4, 0.5) is 0 Å². The first kappa shape index (κ1) is 11.8. The van der Waals surface area contributed by atoms with E-state index in [1.807, 2.05) is 13.8 Å². The highest BCUT2D eigenvalue weighted by molar-refractivity contribution is 7.78. The van der Waals surface area contributed by atoms with Crippen molar-refractivity contribution in [1.29, 1.82) is 0 Å². The molecule has 0 saturated carbocycles. The summed E-state index contributed by atoms with van der Waals surface area (Å²) >= 11 is 3.94. The first-order valence-electron chi connectivity index (χ1n) is 3.86. The lowest BCUT2D eigenvalue weighted by atomic mass is 9.81. The van der Waals surface area contributed by atoms with E-state index in [4.69, 9.17) is 5.11 Å². The normalized spacial score (nSPS) is 13.1. The van der Waals surface area contributed by atoms with Gasteiger partial charge in [0.25, 0.3) is 0 Å². The van der Waals surface area contributed by atoms with Crippen molar-refractivity contribution in [1.82, 2.24) is 4.72 Å². The number of nitrogens with one attached hydrogen (secondary N) is 1. The van der Waals surface area contributed by atoms with Gasteiger partial charge in [-0.15, -0.1) is 0 Å². The quantitative estimate of drug-likeness (QED) is 0.593. The lowest BCUT2D eigenvalue weighted by Crippen LogP contribution is -2.40. The van der Waals surface area contributed by atoms with Crippen LogP contribution >= 0.6 is 12.8 Å². The molecule has 0 spiro atoms. The lowest BCUT2D eigenvalue weighted by molar-refractivity contribution is -0.148. The van der Waals surface area contributed by atoms with Gasteiger partial charge in [-0.2, -0.15) is 0 Å². The monoisotopic (exact) mass is 191 g/mol. The van der Waals surface area contributed by atoms with Crippen LogP contribution < -0.4 is 4.72 Å². The minimum absolute atomic E-state index is 0.259. The minimum Gasteiger partial charge on any atom is -0.481 e. The van der Waals surface area contributed by atoms with Crippen molar-refractivity contribution in [3.05, 3.63) is 0 Å². The third kappa shape index (κ3) is 3.45. The standard InChI is InChI=1S/C8H17NO2S/c1-7(2,6(10)11)5-8(3,4)9-12/h9,12H,5H2,1-4H3,(H,10,11). The van der Waals surface area contributed by atoms with Crippen molar-refractivity contribution in [2.75, 3.05) is 0 Å². The number of hydrogen-bond acceptors (Lipinski definition) is 3. The molecule has 2 N–H and O–H groups in total. The van der Waals surface area contributed by atoms with Crippen molar-refractivity contribution in [2.45, 2.75) is 39.7 Å². The second kappa shape index (κ2) is 3.66. The molecule has 0 aromatic rings. The SMILES string of the molecule is CC(C)(CC(C)(C)C(=O)O)NS. The molecule has 3 nitrogen and oxygen atoms in total. The molecule has 0 heterocycles. The summed E-state index contributed by atoms with van der Waals surface area (Å²) in [6, 6.07) is 0. The average molecular weight is 191 g/mol. The smallest absolute Gasteiger partial charge is 0.309 e. The second-order valence-electron chi connectivity index (χ2n) is 4.36. The lowest BCUT2D eigenvalue weighted by Gasteiger charge is -2.31. The van der Waals surface area contributed by atoms with E-state index in [2.05, 4.69) is 17.5 Å². The van der Waals surface area contributed by atoms with E-state index in [1.165, 1.54) is 0 Å². The van der Waals surface area contributed by atoms with Crippen molar-refractivity contribution in [3.63, 3.8) is 0 Å². The molecule has 0 aliphatic carbocycles. The molecule has 12 heavy (non-hydrogen) atoms. The summed E-state index contributed by atoms with van der Waals surface area (Å²) in [6.07, 6.45) is 0.541. The molecule has 0 aliphatic heterocycles. The van der Waals surface area contributed by atoms with Gasteiger partial charge in [0, 0.05) is 5.54 Å². The van der Waals surface area contributed by atoms with E-state index in [-0.39, 0.29) is 5.54 Å². The first-order valence-corrected chi connectivity index (χ1v) is 4.31. The van der Waals surface area contributed by atoms with Crippen molar-refractivity contribution in [3.8, 4) is 0 Å². The Balaban J connectivity index is 4.34. The molecule has 0 atom stereocenters. The summed E-state index contributed by atoms with van der Waals surface area (Å²) in [6.45, 7) is 7.26. The van der Waals surface area contributed by atoms with Crippen molar-refractivity contribution < 1.29 is 9.90 Å². The fourth-order valence-corrected chi connectivity index (χ4v) is 1.30. The van der Waals surface area contributed by atoms with Gasteiger partial charge in [-0.25, -0.2) is 0 Å². The van der Waals surface area contributed by atoms with Crippen LogP contribution in [-0.2, 0) is 4.79 Å². The number of carboxylic acids is 1. The van der Waals surface area contributed by atoms with Gasteiger partial charge >= 0.3 is 5.97 Å². The van der Waals surface area contributed by atoms with Gasteiger partial charge in [0.1, 0.15) is 0 Å². The number of thiol groups is 1. The van der Waals surface area contributed by atoms with Gasteiger partial charge in [0.05, 0.1) is 5.41 Å². The Kier molecular flexibility index (Phi) is 3.59. The minimum atomic E-state index is -0.779. The Labute approximate surface area is 79.1 Å². The second-order valence-corrected chi connectivity index (χ2v) is 4.59. The van der Waals surface area contributed by atoms with Crippen molar-refractivity contribution >= 4 is 18.8 Å². The fourth-order valence-electron chi connectivity index (χ4n) is 1.22. The molecule has 0 rings (SSSR count). The molecule has 0 aromatic carbocycles. The maximum Gasteiger partial charge on any atom is 0.309 e. The highest BCUT2D eigenvalue weighted by Crippen LogP contribution is 2.28. The van der Waals surface area contributed by atoms with Crippen LogP contribution in [-0.4, -0.2) is 16.6 Å². The highest BCUT2D eigenvalue weighted by atomic mass is 32.1. The summed E-state index contributed by atoms with van der Waals surface area (Å²) in [5.41, 5.74) is -0.968. The van der Waals surface area contributed by atoms with Crippen LogP contribution in [0.3, 0.4) is 0 Å². The molecule has 0 unspecified atom stereocenters. The molecule has 72 valence electrons. The van der Waals surface area contributed by atoms with Crippen LogP contribution in [0.25, 0.3) is 0 Å². The molecule has 0 aliphatic rings. The topological polar surface area (TPSA) is 49.3 Å². The zero-order valence-corrected chi connectivity index (χ0v) is 8.90. The molecule has 0 fully saturated rings. The summed E-state index contributed by atoms with van der Waals surface area (Å²) in [5.74, 6) is -0.779. The zero-order chi connectivity index (χ0) is 9.99. The van der Waals surface area contributed by atoms with Gasteiger partial charge in [-0.3, -0.25) is 9.52 Å². The van der Waals surface area contributed by atoms with Crippen LogP contribution in [0.5, 0.6) is 0 Å². The number of hydrogen-bond donors (Lipinski definition) is 3.